The van der Waals surface area contributed by atoms with Gasteiger partial charge in [-0.1, -0.05) is 24.6 Å². The number of hydrogen-bond donors (Lipinski definition) is 0. The fourth-order valence-corrected chi connectivity index (χ4v) is 2.37. The molecule has 0 aliphatic heterocycles. The lowest BCUT2D eigenvalue weighted by Gasteiger charge is -2.08. The maximum Gasteiger partial charge on any atom is 0.130 e. The molecule has 0 fully saturated rings. The summed E-state index contributed by atoms with van der Waals surface area (Å²) in [5, 5.41) is 0.371. The summed E-state index contributed by atoms with van der Waals surface area (Å²) in [4.78, 5) is 12.1. The van der Waals surface area contributed by atoms with Gasteiger partial charge in [0.2, 0.25) is 0 Å². The Morgan fingerprint density at radius 1 is 1.36 bits per heavy atom. The first-order valence-electron chi connectivity index (χ1n) is 4.80. The van der Waals surface area contributed by atoms with E-state index in [1.165, 1.54) is 10.5 Å². The number of carbonyl (C=O) groups excluding carboxylic acids is 1. The van der Waals surface area contributed by atoms with Gasteiger partial charge < -0.3 is 0 Å². The number of Topliss-reactive ketones (excluding diaryl/α,β-unsaturated/α-hetero) is 1. The van der Waals surface area contributed by atoms with Gasteiger partial charge in [-0.05, 0) is 26.0 Å². The fraction of sp³-hybridized carbons (Fsp3) is 0.417. The van der Waals surface area contributed by atoms with Crippen molar-refractivity contribution in [2.24, 2.45) is 0 Å². The number of thioether (sulfide) groups is 1. The molecule has 0 aliphatic carbocycles. The van der Waals surface area contributed by atoms with E-state index in [2.05, 4.69) is 38.1 Å². The summed E-state index contributed by atoms with van der Waals surface area (Å²) in [7, 11) is 0. The number of carbonyl (C=O) groups is 1. The van der Waals surface area contributed by atoms with Crippen LogP contribution in [0.1, 0.15) is 25.8 Å². The van der Waals surface area contributed by atoms with Gasteiger partial charge in [0, 0.05) is 16.6 Å². The number of benzene rings is 1. The van der Waals surface area contributed by atoms with E-state index < -0.39 is 0 Å². The normalized spacial score (nSPS) is 12.5. The zero-order valence-corrected chi connectivity index (χ0v) is 9.73. The lowest BCUT2D eigenvalue weighted by molar-refractivity contribution is -0.116. The standard InChI is InChI=1S/C12H16OS/c1-9-4-6-12(7-5-9)14-11(3)8-10(2)13/h4-7,11H,8H2,1-3H3. The predicted octanol–water partition coefficient (Wildman–Crippen LogP) is 3.45. The van der Waals surface area contributed by atoms with Crippen LogP contribution >= 0.6 is 11.8 Å². The Bertz CT molecular complexity index is 303. The van der Waals surface area contributed by atoms with Gasteiger partial charge in [0.1, 0.15) is 5.78 Å². The molecule has 0 aromatic heterocycles. The second kappa shape index (κ2) is 5.20. The Morgan fingerprint density at radius 2 is 1.93 bits per heavy atom. The zero-order valence-electron chi connectivity index (χ0n) is 8.91. The average molecular weight is 208 g/mol. The number of hydrogen-bond acceptors (Lipinski definition) is 2. The van der Waals surface area contributed by atoms with Gasteiger partial charge in [-0.15, -0.1) is 11.8 Å². The molecule has 1 aromatic carbocycles. The Kier molecular flexibility index (Phi) is 4.21. The SMILES string of the molecule is CC(=O)CC(C)Sc1ccc(C)cc1. The maximum absolute atomic E-state index is 10.9. The highest BCUT2D eigenvalue weighted by molar-refractivity contribution is 8.00. The Hall–Kier alpha value is -0.760. The van der Waals surface area contributed by atoms with E-state index in [1.807, 2.05) is 0 Å². The summed E-state index contributed by atoms with van der Waals surface area (Å²) in [6, 6.07) is 8.42. The summed E-state index contributed by atoms with van der Waals surface area (Å²) >= 11 is 1.76. The molecule has 0 amide bonds. The van der Waals surface area contributed by atoms with Crippen molar-refractivity contribution in [2.45, 2.75) is 37.3 Å². The van der Waals surface area contributed by atoms with Crippen LogP contribution in [0.5, 0.6) is 0 Å². The third-order valence-corrected chi connectivity index (χ3v) is 3.05. The topological polar surface area (TPSA) is 17.1 Å². The van der Waals surface area contributed by atoms with Crippen molar-refractivity contribution in [1.82, 2.24) is 0 Å². The van der Waals surface area contributed by atoms with Gasteiger partial charge in [-0.2, -0.15) is 0 Å². The van der Waals surface area contributed by atoms with Gasteiger partial charge in [0.05, 0.1) is 0 Å². The fourth-order valence-electron chi connectivity index (χ4n) is 1.30. The van der Waals surface area contributed by atoms with Crippen LogP contribution in [0.15, 0.2) is 29.2 Å². The van der Waals surface area contributed by atoms with Crippen LogP contribution in [0.25, 0.3) is 0 Å². The molecule has 1 aromatic rings. The van der Waals surface area contributed by atoms with Gasteiger partial charge in [-0.25, -0.2) is 0 Å². The van der Waals surface area contributed by atoms with E-state index >= 15 is 0 Å². The molecule has 0 radical (unpaired) electrons. The van der Waals surface area contributed by atoms with Crippen LogP contribution in [-0.2, 0) is 4.79 Å². The first kappa shape index (κ1) is 11.3. The number of aryl methyl sites for hydroxylation is 1. The molecule has 2 heteroatoms. The van der Waals surface area contributed by atoms with Crippen molar-refractivity contribution in [1.29, 1.82) is 0 Å². The van der Waals surface area contributed by atoms with Gasteiger partial charge in [0.25, 0.3) is 0 Å². The van der Waals surface area contributed by atoms with Gasteiger partial charge >= 0.3 is 0 Å². The van der Waals surface area contributed by atoms with Crippen molar-refractivity contribution < 1.29 is 4.79 Å². The zero-order chi connectivity index (χ0) is 10.6. The lowest BCUT2D eigenvalue weighted by Crippen LogP contribution is -2.02. The minimum Gasteiger partial charge on any atom is -0.300 e. The van der Waals surface area contributed by atoms with E-state index in [0.29, 0.717) is 11.7 Å². The highest BCUT2D eigenvalue weighted by atomic mass is 32.2. The number of rotatable bonds is 4. The summed E-state index contributed by atoms with van der Waals surface area (Å²) in [5.41, 5.74) is 1.27. The van der Waals surface area contributed by atoms with E-state index in [4.69, 9.17) is 0 Å². The van der Waals surface area contributed by atoms with Crippen molar-refractivity contribution in [3.05, 3.63) is 29.8 Å². The monoisotopic (exact) mass is 208 g/mol. The van der Waals surface area contributed by atoms with Crippen LogP contribution in [0, 0.1) is 6.92 Å². The summed E-state index contributed by atoms with van der Waals surface area (Å²) in [6.07, 6.45) is 0.651. The van der Waals surface area contributed by atoms with Crippen LogP contribution in [0.2, 0.25) is 0 Å². The van der Waals surface area contributed by atoms with E-state index in [0.717, 1.165) is 0 Å². The van der Waals surface area contributed by atoms with E-state index in [1.54, 1.807) is 18.7 Å². The molecule has 1 rings (SSSR count). The molecule has 0 heterocycles. The Labute approximate surface area is 89.9 Å². The second-order valence-corrected chi connectivity index (χ2v) is 5.16. The molecule has 0 bridgehead atoms. The van der Waals surface area contributed by atoms with Gasteiger partial charge in [0.15, 0.2) is 0 Å². The molecule has 0 saturated carbocycles. The molecule has 1 atom stereocenters. The van der Waals surface area contributed by atoms with Crippen molar-refractivity contribution in [3.63, 3.8) is 0 Å². The molecule has 0 saturated heterocycles. The maximum atomic E-state index is 10.9. The molecule has 0 spiro atoms. The Balaban J connectivity index is 2.51. The minimum absolute atomic E-state index is 0.261. The van der Waals surface area contributed by atoms with Crippen molar-refractivity contribution >= 4 is 17.5 Å². The summed E-state index contributed by atoms with van der Waals surface area (Å²) < 4.78 is 0. The lowest BCUT2D eigenvalue weighted by atomic mass is 10.2. The smallest absolute Gasteiger partial charge is 0.130 e. The second-order valence-electron chi connectivity index (χ2n) is 3.65. The largest absolute Gasteiger partial charge is 0.300 e. The van der Waals surface area contributed by atoms with E-state index in [9.17, 15) is 4.79 Å². The minimum atomic E-state index is 0.261. The molecule has 14 heavy (non-hydrogen) atoms. The van der Waals surface area contributed by atoms with Crippen LogP contribution in [-0.4, -0.2) is 11.0 Å². The van der Waals surface area contributed by atoms with Crippen molar-refractivity contribution in [2.75, 3.05) is 0 Å². The predicted molar refractivity (Wildman–Crippen MR) is 61.8 cm³/mol. The number of ketones is 1. The van der Waals surface area contributed by atoms with Crippen LogP contribution in [0.3, 0.4) is 0 Å². The third-order valence-electron chi connectivity index (χ3n) is 1.93. The average Bonchev–Trinajstić information content (AvgIpc) is 2.07. The highest BCUT2D eigenvalue weighted by Gasteiger charge is 2.06. The molecule has 1 nitrogen and oxygen atoms in total. The molecular formula is C12H16OS. The highest BCUT2D eigenvalue weighted by Crippen LogP contribution is 2.25. The summed E-state index contributed by atoms with van der Waals surface area (Å²) in [6.45, 7) is 5.81. The van der Waals surface area contributed by atoms with Crippen LogP contribution < -0.4 is 0 Å². The third kappa shape index (κ3) is 3.97. The molecule has 0 N–H and O–H groups in total. The van der Waals surface area contributed by atoms with Crippen molar-refractivity contribution in [3.8, 4) is 0 Å². The van der Waals surface area contributed by atoms with Crippen LogP contribution in [0.4, 0.5) is 0 Å². The first-order valence-corrected chi connectivity index (χ1v) is 5.68. The quantitative estimate of drug-likeness (QED) is 0.705. The summed E-state index contributed by atoms with van der Waals surface area (Å²) in [5.74, 6) is 0.261. The first-order chi connectivity index (χ1) is 6.58. The van der Waals surface area contributed by atoms with Gasteiger partial charge in [-0.3, -0.25) is 4.79 Å². The van der Waals surface area contributed by atoms with E-state index in [-0.39, 0.29) is 5.78 Å². The molecular weight excluding hydrogens is 192 g/mol. The molecule has 0 aliphatic rings. The Morgan fingerprint density at radius 3 is 2.43 bits per heavy atom. The molecule has 76 valence electrons. The molecule has 1 unspecified atom stereocenters.